The van der Waals surface area contributed by atoms with Crippen molar-refractivity contribution in [3.63, 3.8) is 0 Å². The summed E-state index contributed by atoms with van der Waals surface area (Å²) < 4.78 is 1.84. The van der Waals surface area contributed by atoms with Crippen LogP contribution in [0.5, 0.6) is 0 Å². The third kappa shape index (κ3) is 2.35. The van der Waals surface area contributed by atoms with Crippen molar-refractivity contribution in [2.45, 2.75) is 39.7 Å². The van der Waals surface area contributed by atoms with Gasteiger partial charge >= 0.3 is 0 Å². The predicted molar refractivity (Wildman–Crippen MR) is 71.6 cm³/mol. The van der Waals surface area contributed by atoms with E-state index < -0.39 is 0 Å². The topological polar surface area (TPSA) is 50.2 Å². The summed E-state index contributed by atoms with van der Waals surface area (Å²) in [7, 11) is 1.92. The van der Waals surface area contributed by atoms with Crippen molar-refractivity contribution >= 4 is 11.6 Å². The summed E-state index contributed by atoms with van der Waals surface area (Å²) in [4.78, 5) is 14.2. The molecule has 1 amide bonds. The smallest absolute Gasteiger partial charge is 0.244 e. The van der Waals surface area contributed by atoms with Gasteiger partial charge in [-0.1, -0.05) is 0 Å². The SMILES string of the molecule is Cc1nn(C)c(C)c1NC(C)C(=O)N1CCCC1. The first-order valence-electron chi connectivity index (χ1n) is 6.56. The number of anilines is 1. The summed E-state index contributed by atoms with van der Waals surface area (Å²) in [5.74, 6) is 0.190. The summed E-state index contributed by atoms with van der Waals surface area (Å²) in [5, 5.41) is 7.65. The molecule has 1 aromatic rings. The lowest BCUT2D eigenvalue weighted by Gasteiger charge is -2.22. The molecule has 100 valence electrons. The van der Waals surface area contributed by atoms with E-state index in [1.54, 1.807) is 0 Å². The van der Waals surface area contributed by atoms with Gasteiger partial charge in [-0.2, -0.15) is 5.10 Å². The first-order chi connectivity index (χ1) is 8.50. The number of nitrogens with one attached hydrogen (secondary N) is 1. The minimum Gasteiger partial charge on any atom is -0.371 e. The molecule has 0 saturated carbocycles. The molecule has 1 aliphatic rings. The Labute approximate surface area is 108 Å². The van der Waals surface area contributed by atoms with Crippen LogP contribution in [0.15, 0.2) is 0 Å². The molecule has 0 spiro atoms. The normalized spacial score (nSPS) is 17.0. The summed E-state index contributed by atoms with van der Waals surface area (Å²) in [5.41, 5.74) is 2.99. The van der Waals surface area contributed by atoms with E-state index in [2.05, 4.69) is 10.4 Å². The lowest BCUT2D eigenvalue weighted by Crippen LogP contribution is -2.39. The molecule has 0 radical (unpaired) electrons. The highest BCUT2D eigenvalue weighted by atomic mass is 16.2. The van der Waals surface area contributed by atoms with Gasteiger partial charge in [-0.25, -0.2) is 0 Å². The van der Waals surface area contributed by atoms with Crippen molar-refractivity contribution in [2.75, 3.05) is 18.4 Å². The number of carbonyl (C=O) groups excluding carboxylic acids is 1. The second kappa shape index (κ2) is 5.00. The Hall–Kier alpha value is -1.52. The molecule has 0 bridgehead atoms. The molecule has 1 aliphatic heterocycles. The molecule has 2 heterocycles. The number of aryl methyl sites for hydroxylation is 2. The molecule has 0 aromatic carbocycles. The molecule has 1 unspecified atom stereocenters. The number of hydrogen-bond donors (Lipinski definition) is 1. The Balaban J connectivity index is 2.06. The minimum atomic E-state index is -0.190. The monoisotopic (exact) mass is 250 g/mol. The fourth-order valence-corrected chi connectivity index (χ4v) is 2.47. The highest BCUT2D eigenvalue weighted by molar-refractivity contribution is 5.84. The predicted octanol–water partition coefficient (Wildman–Crippen LogP) is 1.46. The third-order valence-electron chi connectivity index (χ3n) is 3.66. The number of rotatable bonds is 3. The molecule has 1 fully saturated rings. The molecule has 1 N–H and O–H groups in total. The molecule has 2 rings (SSSR count). The number of hydrogen-bond acceptors (Lipinski definition) is 3. The fraction of sp³-hybridized carbons (Fsp3) is 0.692. The van der Waals surface area contributed by atoms with Gasteiger partial charge in [0.05, 0.1) is 17.1 Å². The molecular formula is C13H22N4O. The highest BCUT2D eigenvalue weighted by Gasteiger charge is 2.24. The van der Waals surface area contributed by atoms with Crippen LogP contribution in [0.2, 0.25) is 0 Å². The van der Waals surface area contributed by atoms with Crippen molar-refractivity contribution in [2.24, 2.45) is 7.05 Å². The maximum absolute atomic E-state index is 12.2. The van der Waals surface area contributed by atoms with Crippen molar-refractivity contribution in [1.82, 2.24) is 14.7 Å². The van der Waals surface area contributed by atoms with E-state index in [1.807, 2.05) is 37.4 Å². The maximum atomic E-state index is 12.2. The Kier molecular flexibility index (Phi) is 3.59. The zero-order valence-electron chi connectivity index (χ0n) is 11.7. The molecule has 1 atom stereocenters. The maximum Gasteiger partial charge on any atom is 0.244 e. The minimum absolute atomic E-state index is 0.190. The second-order valence-corrected chi connectivity index (χ2v) is 5.07. The molecule has 0 aliphatic carbocycles. The van der Waals surface area contributed by atoms with E-state index in [1.165, 1.54) is 0 Å². The van der Waals surface area contributed by atoms with Crippen molar-refractivity contribution in [3.05, 3.63) is 11.4 Å². The zero-order valence-corrected chi connectivity index (χ0v) is 11.7. The van der Waals surface area contributed by atoms with Gasteiger partial charge in [0.25, 0.3) is 0 Å². The lowest BCUT2D eigenvalue weighted by atomic mass is 10.2. The van der Waals surface area contributed by atoms with Crippen LogP contribution in [0, 0.1) is 13.8 Å². The Bertz CT molecular complexity index is 446. The Morgan fingerprint density at radius 1 is 1.33 bits per heavy atom. The van der Waals surface area contributed by atoms with Crippen LogP contribution in [-0.2, 0) is 11.8 Å². The first-order valence-corrected chi connectivity index (χ1v) is 6.56. The van der Waals surface area contributed by atoms with Crippen LogP contribution in [-0.4, -0.2) is 39.7 Å². The van der Waals surface area contributed by atoms with Gasteiger partial charge in [-0.3, -0.25) is 9.48 Å². The fourth-order valence-electron chi connectivity index (χ4n) is 2.47. The van der Waals surface area contributed by atoms with Crippen LogP contribution < -0.4 is 5.32 Å². The van der Waals surface area contributed by atoms with Gasteiger partial charge in [0, 0.05) is 20.1 Å². The number of aromatic nitrogens is 2. The standard InChI is InChI=1S/C13H22N4O/c1-9-12(11(3)16(4)15-9)14-10(2)13(18)17-7-5-6-8-17/h10,14H,5-8H2,1-4H3. The highest BCUT2D eigenvalue weighted by Crippen LogP contribution is 2.20. The number of nitrogens with zero attached hydrogens (tertiary/aromatic N) is 3. The average molecular weight is 250 g/mol. The number of likely N-dealkylation sites (tertiary alicyclic amines) is 1. The van der Waals surface area contributed by atoms with Gasteiger partial charge in [0.2, 0.25) is 5.91 Å². The summed E-state index contributed by atoms with van der Waals surface area (Å²) in [6.07, 6.45) is 2.26. The average Bonchev–Trinajstić information content (AvgIpc) is 2.93. The van der Waals surface area contributed by atoms with E-state index >= 15 is 0 Å². The lowest BCUT2D eigenvalue weighted by molar-refractivity contribution is -0.130. The molecule has 5 nitrogen and oxygen atoms in total. The number of carbonyl (C=O) groups is 1. The quantitative estimate of drug-likeness (QED) is 0.883. The van der Waals surface area contributed by atoms with Gasteiger partial charge in [0.15, 0.2) is 0 Å². The first kappa shape index (κ1) is 12.9. The van der Waals surface area contributed by atoms with Crippen molar-refractivity contribution in [3.8, 4) is 0 Å². The van der Waals surface area contributed by atoms with Crippen molar-refractivity contribution in [1.29, 1.82) is 0 Å². The Morgan fingerprint density at radius 3 is 2.44 bits per heavy atom. The summed E-state index contributed by atoms with van der Waals surface area (Å²) in [6.45, 7) is 7.69. The summed E-state index contributed by atoms with van der Waals surface area (Å²) in [6, 6.07) is -0.190. The van der Waals surface area contributed by atoms with Crippen molar-refractivity contribution < 1.29 is 4.79 Å². The summed E-state index contributed by atoms with van der Waals surface area (Å²) >= 11 is 0. The van der Waals surface area contributed by atoms with Gasteiger partial charge in [-0.05, 0) is 33.6 Å². The van der Waals surface area contributed by atoms with E-state index in [0.29, 0.717) is 0 Å². The van der Waals surface area contributed by atoms with E-state index in [9.17, 15) is 4.79 Å². The van der Waals surface area contributed by atoms with Gasteiger partial charge in [0.1, 0.15) is 6.04 Å². The van der Waals surface area contributed by atoms with Gasteiger partial charge < -0.3 is 10.2 Å². The van der Waals surface area contributed by atoms with E-state index in [-0.39, 0.29) is 11.9 Å². The molecule has 5 heteroatoms. The third-order valence-corrected chi connectivity index (χ3v) is 3.66. The molecule has 1 aromatic heterocycles. The van der Waals surface area contributed by atoms with Crippen LogP contribution in [0.25, 0.3) is 0 Å². The van der Waals surface area contributed by atoms with Gasteiger partial charge in [-0.15, -0.1) is 0 Å². The molecule has 1 saturated heterocycles. The van der Waals surface area contributed by atoms with E-state index in [0.717, 1.165) is 43.0 Å². The van der Waals surface area contributed by atoms with Crippen LogP contribution in [0.1, 0.15) is 31.2 Å². The largest absolute Gasteiger partial charge is 0.371 e. The molecule has 18 heavy (non-hydrogen) atoms. The zero-order chi connectivity index (χ0) is 13.3. The second-order valence-electron chi connectivity index (χ2n) is 5.07. The van der Waals surface area contributed by atoms with Crippen LogP contribution >= 0.6 is 0 Å². The van der Waals surface area contributed by atoms with Crippen LogP contribution in [0.3, 0.4) is 0 Å². The van der Waals surface area contributed by atoms with E-state index in [4.69, 9.17) is 0 Å². The molecular weight excluding hydrogens is 228 g/mol. The van der Waals surface area contributed by atoms with Crippen LogP contribution in [0.4, 0.5) is 5.69 Å². The number of amides is 1. The Morgan fingerprint density at radius 2 is 1.94 bits per heavy atom.